The van der Waals surface area contributed by atoms with E-state index in [1.807, 2.05) is 13.0 Å². The second kappa shape index (κ2) is 8.68. The van der Waals surface area contributed by atoms with Gasteiger partial charge in [-0.05, 0) is 43.7 Å². The van der Waals surface area contributed by atoms with Crippen LogP contribution in [-0.2, 0) is 19.6 Å². The van der Waals surface area contributed by atoms with Gasteiger partial charge in [-0.3, -0.25) is 9.10 Å². The second-order valence-corrected chi connectivity index (χ2v) is 7.83. The first-order chi connectivity index (χ1) is 12.7. The van der Waals surface area contributed by atoms with E-state index in [4.69, 9.17) is 4.74 Å². The highest BCUT2D eigenvalue weighted by atomic mass is 32.2. The normalized spacial score (nSPS) is 10.9. The van der Waals surface area contributed by atoms with E-state index in [1.54, 1.807) is 37.3 Å². The molecule has 144 valence electrons. The molecule has 0 bridgehead atoms. The fraction of sp³-hybridized carbons (Fsp3) is 0.263. The summed E-state index contributed by atoms with van der Waals surface area (Å²) >= 11 is 0. The van der Waals surface area contributed by atoms with Crippen molar-refractivity contribution in [2.24, 2.45) is 0 Å². The predicted molar refractivity (Wildman–Crippen MR) is 104 cm³/mol. The first-order valence-electron chi connectivity index (χ1n) is 8.32. The van der Waals surface area contributed by atoms with Crippen molar-refractivity contribution in [1.82, 2.24) is 0 Å². The van der Waals surface area contributed by atoms with Crippen LogP contribution in [0.1, 0.15) is 22.8 Å². The van der Waals surface area contributed by atoms with Gasteiger partial charge in [-0.2, -0.15) is 0 Å². The van der Waals surface area contributed by atoms with Crippen LogP contribution in [0.25, 0.3) is 0 Å². The van der Waals surface area contributed by atoms with Crippen molar-refractivity contribution in [3.05, 3.63) is 59.7 Å². The Labute approximate surface area is 159 Å². The first-order valence-corrected chi connectivity index (χ1v) is 10.2. The molecule has 27 heavy (non-hydrogen) atoms. The lowest BCUT2D eigenvalue weighted by Gasteiger charge is -2.23. The Morgan fingerprint density at radius 2 is 1.81 bits per heavy atom. The fourth-order valence-electron chi connectivity index (χ4n) is 2.51. The summed E-state index contributed by atoms with van der Waals surface area (Å²) in [7, 11) is -3.82. The Morgan fingerprint density at radius 3 is 2.44 bits per heavy atom. The van der Waals surface area contributed by atoms with Crippen LogP contribution in [0.2, 0.25) is 0 Å². The summed E-state index contributed by atoms with van der Waals surface area (Å²) in [4.78, 5) is 24.6. The number of aryl methyl sites for hydroxylation is 1. The Balaban J connectivity index is 2.32. The third kappa shape index (κ3) is 5.55. The summed E-state index contributed by atoms with van der Waals surface area (Å²) in [5, 5.41) is 2.67. The van der Waals surface area contributed by atoms with E-state index in [1.165, 1.54) is 12.1 Å². The maximum Gasteiger partial charge on any atom is 0.340 e. The summed E-state index contributed by atoms with van der Waals surface area (Å²) in [6.07, 6.45) is 0.981. The van der Waals surface area contributed by atoms with Gasteiger partial charge in [-0.1, -0.05) is 24.3 Å². The van der Waals surface area contributed by atoms with Crippen molar-refractivity contribution in [3.63, 3.8) is 0 Å². The number of anilines is 2. The van der Waals surface area contributed by atoms with Gasteiger partial charge in [-0.15, -0.1) is 0 Å². The molecule has 7 nitrogen and oxygen atoms in total. The lowest BCUT2D eigenvalue weighted by Crippen LogP contribution is -2.38. The summed E-state index contributed by atoms with van der Waals surface area (Å²) in [6.45, 7) is 3.22. The molecule has 0 unspecified atom stereocenters. The monoisotopic (exact) mass is 390 g/mol. The summed E-state index contributed by atoms with van der Waals surface area (Å²) < 4.78 is 30.5. The van der Waals surface area contributed by atoms with Crippen molar-refractivity contribution >= 4 is 33.3 Å². The number of benzene rings is 2. The highest BCUT2D eigenvalue weighted by Crippen LogP contribution is 2.24. The summed E-state index contributed by atoms with van der Waals surface area (Å²) in [5.74, 6) is -1.18. The molecule has 2 aromatic rings. The van der Waals surface area contributed by atoms with E-state index < -0.39 is 28.4 Å². The number of carbonyl (C=O) groups excluding carboxylic acids is 2. The number of rotatable bonds is 7. The molecular weight excluding hydrogens is 368 g/mol. The number of esters is 1. The van der Waals surface area contributed by atoms with Crippen molar-refractivity contribution in [2.45, 2.75) is 13.8 Å². The SMILES string of the molecule is CCOC(=O)c1ccccc1N(CC(=O)Nc1cccc(C)c1)S(C)(=O)=O. The number of hydrogen-bond acceptors (Lipinski definition) is 5. The topological polar surface area (TPSA) is 92.8 Å². The van der Waals surface area contributed by atoms with Crippen molar-refractivity contribution < 1.29 is 22.7 Å². The molecule has 0 aliphatic carbocycles. The van der Waals surface area contributed by atoms with Crippen LogP contribution in [0.5, 0.6) is 0 Å². The number of hydrogen-bond donors (Lipinski definition) is 1. The van der Waals surface area contributed by atoms with Gasteiger partial charge in [0.05, 0.1) is 24.1 Å². The maximum absolute atomic E-state index is 12.4. The molecule has 0 saturated carbocycles. The van der Waals surface area contributed by atoms with Crippen LogP contribution >= 0.6 is 0 Å². The van der Waals surface area contributed by atoms with E-state index in [-0.39, 0.29) is 17.9 Å². The number of amides is 1. The number of nitrogens with one attached hydrogen (secondary N) is 1. The molecule has 0 aromatic heterocycles. The fourth-order valence-corrected chi connectivity index (χ4v) is 3.38. The minimum absolute atomic E-state index is 0.0770. The van der Waals surface area contributed by atoms with Crippen LogP contribution in [0.4, 0.5) is 11.4 Å². The van der Waals surface area contributed by atoms with E-state index in [0.717, 1.165) is 16.1 Å². The second-order valence-electron chi connectivity index (χ2n) is 5.92. The molecule has 8 heteroatoms. The summed E-state index contributed by atoms with van der Waals surface area (Å²) in [5.41, 5.74) is 1.69. The zero-order valence-corrected chi connectivity index (χ0v) is 16.2. The van der Waals surface area contributed by atoms with E-state index in [9.17, 15) is 18.0 Å². The van der Waals surface area contributed by atoms with Crippen molar-refractivity contribution in [3.8, 4) is 0 Å². The molecule has 2 rings (SSSR count). The van der Waals surface area contributed by atoms with E-state index in [2.05, 4.69) is 5.32 Å². The Bertz CT molecular complexity index is 941. The van der Waals surface area contributed by atoms with Crippen LogP contribution in [0, 0.1) is 6.92 Å². The van der Waals surface area contributed by atoms with Gasteiger partial charge in [0.25, 0.3) is 0 Å². The molecule has 0 spiro atoms. The van der Waals surface area contributed by atoms with Crippen LogP contribution in [-0.4, -0.2) is 39.7 Å². The Kier molecular flexibility index (Phi) is 6.57. The molecule has 1 N–H and O–H groups in total. The Hall–Kier alpha value is -2.87. The Morgan fingerprint density at radius 1 is 1.11 bits per heavy atom. The van der Waals surface area contributed by atoms with Crippen molar-refractivity contribution in [1.29, 1.82) is 0 Å². The van der Waals surface area contributed by atoms with Gasteiger partial charge < -0.3 is 10.1 Å². The lowest BCUT2D eigenvalue weighted by molar-refractivity contribution is -0.114. The highest BCUT2D eigenvalue weighted by Gasteiger charge is 2.25. The molecule has 0 atom stereocenters. The smallest absolute Gasteiger partial charge is 0.340 e. The standard InChI is InChI=1S/C19H22N2O5S/c1-4-26-19(23)16-10-5-6-11-17(16)21(27(3,24)25)13-18(22)20-15-9-7-8-14(2)12-15/h5-12H,4,13H2,1-3H3,(H,20,22). The number of carbonyl (C=O) groups is 2. The maximum atomic E-state index is 12.4. The highest BCUT2D eigenvalue weighted by molar-refractivity contribution is 7.92. The zero-order valence-electron chi connectivity index (χ0n) is 15.4. The number of ether oxygens (including phenoxy) is 1. The molecule has 1 amide bonds. The van der Waals surface area contributed by atoms with Crippen molar-refractivity contribution in [2.75, 3.05) is 29.0 Å². The minimum Gasteiger partial charge on any atom is -0.462 e. The molecule has 2 aromatic carbocycles. The van der Waals surface area contributed by atoms with Crippen LogP contribution in [0.3, 0.4) is 0 Å². The molecule has 0 heterocycles. The average molecular weight is 390 g/mol. The van der Waals surface area contributed by atoms with Gasteiger partial charge in [-0.25, -0.2) is 13.2 Å². The molecular formula is C19H22N2O5S. The lowest BCUT2D eigenvalue weighted by atomic mass is 10.2. The number of nitrogens with zero attached hydrogens (tertiary/aromatic N) is 1. The van der Waals surface area contributed by atoms with Crippen LogP contribution < -0.4 is 9.62 Å². The van der Waals surface area contributed by atoms with Gasteiger partial charge in [0.15, 0.2) is 0 Å². The minimum atomic E-state index is -3.82. The molecule has 0 radical (unpaired) electrons. The predicted octanol–water partition coefficient (Wildman–Crippen LogP) is 2.58. The third-order valence-corrected chi connectivity index (χ3v) is 4.78. The molecule has 0 fully saturated rings. The quantitative estimate of drug-likeness (QED) is 0.734. The first kappa shape index (κ1) is 20.4. The average Bonchev–Trinajstić information content (AvgIpc) is 2.59. The third-order valence-electron chi connectivity index (χ3n) is 3.66. The molecule has 0 aliphatic rings. The molecule has 0 aliphatic heterocycles. The van der Waals surface area contributed by atoms with Gasteiger partial charge in [0.1, 0.15) is 6.54 Å². The van der Waals surface area contributed by atoms with Gasteiger partial charge in [0.2, 0.25) is 15.9 Å². The van der Waals surface area contributed by atoms with E-state index in [0.29, 0.717) is 5.69 Å². The number of para-hydroxylation sites is 1. The van der Waals surface area contributed by atoms with E-state index >= 15 is 0 Å². The van der Waals surface area contributed by atoms with Crippen LogP contribution in [0.15, 0.2) is 48.5 Å². The molecule has 0 saturated heterocycles. The van der Waals surface area contributed by atoms with Gasteiger partial charge in [0, 0.05) is 5.69 Å². The zero-order chi connectivity index (χ0) is 20.0. The largest absolute Gasteiger partial charge is 0.462 e. The number of sulfonamides is 1. The van der Waals surface area contributed by atoms with Gasteiger partial charge >= 0.3 is 5.97 Å². The summed E-state index contributed by atoms with van der Waals surface area (Å²) in [6, 6.07) is 13.3.